The molecule has 0 saturated carbocycles. The number of benzene rings is 3. The smallest absolute Gasteiger partial charge is 0.254 e. The van der Waals surface area contributed by atoms with Gasteiger partial charge in [-0.25, -0.2) is 13.8 Å². The summed E-state index contributed by atoms with van der Waals surface area (Å²) in [4.78, 5) is 20.6. The third-order valence-electron chi connectivity index (χ3n) is 6.61. The predicted molar refractivity (Wildman–Crippen MR) is 151 cm³/mol. The van der Waals surface area contributed by atoms with Crippen LogP contribution in [0.2, 0.25) is 0 Å². The summed E-state index contributed by atoms with van der Waals surface area (Å²) < 4.78 is 30.9. The van der Waals surface area contributed by atoms with E-state index in [4.69, 9.17) is 16.5 Å². The van der Waals surface area contributed by atoms with E-state index in [-0.39, 0.29) is 11.5 Å². The molecule has 1 amide bonds. The Morgan fingerprint density at radius 1 is 1.03 bits per heavy atom. The Balaban J connectivity index is 1.89. The van der Waals surface area contributed by atoms with Crippen LogP contribution in [0.5, 0.6) is 0 Å². The van der Waals surface area contributed by atoms with Gasteiger partial charge in [-0.3, -0.25) is 4.79 Å². The minimum atomic E-state index is -0.572. The molecule has 0 fully saturated rings. The van der Waals surface area contributed by atoms with E-state index in [0.717, 1.165) is 23.8 Å². The van der Waals surface area contributed by atoms with Crippen LogP contribution in [0.3, 0.4) is 0 Å². The number of imidazole rings is 1. The molecule has 0 spiro atoms. The Hall–Kier alpha value is -4.04. The average molecular weight is 532 g/mol. The normalized spacial score (nSPS) is 12.4. The van der Waals surface area contributed by atoms with Gasteiger partial charge in [0.1, 0.15) is 17.5 Å². The standard InChI is InChI=1S/C31H35F2N5O/c1-31(2,3)28(38(17-7-16-34)30(39)22-10-13-24(35)14-11-22)29-36-27(25-18-23(32)12-15-26(25)33)20-37(29)19-21-8-5-4-6-9-21/h4-6,8-15,18,20,28H,7,16-17,19,34-35H2,1-3H3. The first-order valence-corrected chi connectivity index (χ1v) is 13.0. The van der Waals surface area contributed by atoms with E-state index in [1.807, 2.05) is 55.7 Å². The molecule has 4 aromatic rings. The zero-order valence-electron chi connectivity index (χ0n) is 22.6. The van der Waals surface area contributed by atoms with Crippen LogP contribution in [0.25, 0.3) is 11.3 Å². The lowest BCUT2D eigenvalue weighted by Gasteiger charge is -2.40. The van der Waals surface area contributed by atoms with E-state index in [1.165, 1.54) is 0 Å². The molecule has 1 unspecified atom stereocenters. The van der Waals surface area contributed by atoms with Crippen LogP contribution < -0.4 is 11.5 Å². The molecule has 3 aromatic carbocycles. The number of hydrogen-bond acceptors (Lipinski definition) is 4. The minimum absolute atomic E-state index is 0.0640. The van der Waals surface area contributed by atoms with E-state index in [2.05, 4.69) is 0 Å². The number of nitrogen functional groups attached to an aromatic ring is 1. The summed E-state index contributed by atoms with van der Waals surface area (Å²) in [5.74, 6) is -0.736. The minimum Gasteiger partial charge on any atom is -0.399 e. The van der Waals surface area contributed by atoms with Gasteiger partial charge in [0, 0.05) is 36.1 Å². The Kier molecular flexibility index (Phi) is 8.45. The van der Waals surface area contributed by atoms with E-state index in [0.29, 0.717) is 48.8 Å². The van der Waals surface area contributed by atoms with Crippen molar-refractivity contribution in [3.63, 3.8) is 0 Å². The predicted octanol–water partition coefficient (Wildman–Crippen LogP) is 6.04. The Bertz CT molecular complexity index is 1410. The van der Waals surface area contributed by atoms with Crippen LogP contribution in [0, 0.1) is 17.0 Å². The monoisotopic (exact) mass is 531 g/mol. The maximum absolute atomic E-state index is 14.9. The van der Waals surface area contributed by atoms with Crippen molar-refractivity contribution in [3.05, 3.63) is 108 Å². The Morgan fingerprint density at radius 2 is 1.72 bits per heavy atom. The van der Waals surface area contributed by atoms with Crippen molar-refractivity contribution in [3.8, 4) is 11.3 Å². The summed E-state index contributed by atoms with van der Waals surface area (Å²) in [6.45, 7) is 7.34. The summed E-state index contributed by atoms with van der Waals surface area (Å²) >= 11 is 0. The van der Waals surface area contributed by atoms with E-state index in [1.54, 1.807) is 35.4 Å². The summed E-state index contributed by atoms with van der Waals surface area (Å²) in [5.41, 5.74) is 13.7. The molecule has 8 heteroatoms. The topological polar surface area (TPSA) is 90.2 Å². The fraction of sp³-hybridized carbons (Fsp3) is 0.290. The van der Waals surface area contributed by atoms with Crippen molar-refractivity contribution in [2.24, 2.45) is 11.1 Å². The van der Waals surface area contributed by atoms with Crippen LogP contribution in [0.1, 0.15) is 55.0 Å². The molecule has 0 radical (unpaired) electrons. The molecule has 4 N–H and O–H groups in total. The van der Waals surface area contributed by atoms with Gasteiger partial charge in [-0.05, 0) is 66.4 Å². The molecule has 6 nitrogen and oxygen atoms in total. The number of amides is 1. The van der Waals surface area contributed by atoms with Gasteiger partial charge in [0.2, 0.25) is 0 Å². The van der Waals surface area contributed by atoms with Crippen molar-refractivity contribution in [1.29, 1.82) is 0 Å². The third kappa shape index (κ3) is 6.52. The highest BCUT2D eigenvalue weighted by molar-refractivity contribution is 5.94. The highest BCUT2D eigenvalue weighted by Gasteiger charge is 2.38. The average Bonchev–Trinajstić information content (AvgIpc) is 3.30. The van der Waals surface area contributed by atoms with E-state index in [9.17, 15) is 13.6 Å². The van der Waals surface area contributed by atoms with E-state index < -0.39 is 23.1 Å². The van der Waals surface area contributed by atoms with Gasteiger partial charge in [0.05, 0.1) is 11.7 Å². The largest absolute Gasteiger partial charge is 0.399 e. The molecule has 0 aliphatic heterocycles. The first-order valence-electron chi connectivity index (χ1n) is 13.0. The second-order valence-corrected chi connectivity index (χ2v) is 10.8. The molecule has 0 saturated heterocycles. The van der Waals surface area contributed by atoms with Gasteiger partial charge < -0.3 is 20.9 Å². The summed E-state index contributed by atoms with van der Waals surface area (Å²) in [7, 11) is 0. The number of carbonyl (C=O) groups excluding carboxylic acids is 1. The van der Waals surface area contributed by atoms with Crippen molar-refractivity contribution < 1.29 is 13.6 Å². The summed E-state index contributed by atoms with van der Waals surface area (Å²) in [6.07, 6.45) is 2.31. The van der Waals surface area contributed by atoms with Gasteiger partial charge >= 0.3 is 0 Å². The quantitative estimate of drug-likeness (QED) is 0.258. The molecule has 1 aromatic heterocycles. The lowest BCUT2D eigenvalue weighted by molar-refractivity contribution is 0.0482. The van der Waals surface area contributed by atoms with Crippen LogP contribution in [0.4, 0.5) is 14.5 Å². The van der Waals surface area contributed by atoms with Crippen molar-refractivity contribution in [2.75, 3.05) is 18.8 Å². The van der Waals surface area contributed by atoms with Gasteiger partial charge in [-0.1, -0.05) is 51.1 Å². The fourth-order valence-corrected chi connectivity index (χ4v) is 4.77. The van der Waals surface area contributed by atoms with Gasteiger partial charge in [0.25, 0.3) is 5.91 Å². The lowest BCUT2D eigenvalue weighted by atomic mass is 9.84. The van der Waals surface area contributed by atoms with Crippen LogP contribution in [-0.4, -0.2) is 33.4 Å². The Morgan fingerprint density at radius 3 is 2.36 bits per heavy atom. The molecule has 4 rings (SSSR count). The number of rotatable bonds is 9. The second kappa shape index (κ2) is 11.8. The number of aromatic nitrogens is 2. The molecule has 39 heavy (non-hydrogen) atoms. The summed E-state index contributed by atoms with van der Waals surface area (Å²) in [5, 5.41) is 0. The molecule has 204 valence electrons. The fourth-order valence-electron chi connectivity index (χ4n) is 4.77. The first-order chi connectivity index (χ1) is 18.6. The van der Waals surface area contributed by atoms with Crippen LogP contribution in [-0.2, 0) is 6.54 Å². The molecular weight excluding hydrogens is 496 g/mol. The Labute approximate surface area is 228 Å². The highest BCUT2D eigenvalue weighted by Crippen LogP contribution is 2.40. The van der Waals surface area contributed by atoms with Crippen LogP contribution >= 0.6 is 0 Å². The highest BCUT2D eigenvalue weighted by atomic mass is 19.1. The number of halogens is 2. The molecule has 0 aliphatic rings. The van der Waals surface area contributed by atoms with Crippen molar-refractivity contribution in [2.45, 2.75) is 39.8 Å². The van der Waals surface area contributed by atoms with E-state index >= 15 is 0 Å². The number of carbonyl (C=O) groups is 1. The lowest BCUT2D eigenvalue weighted by Crippen LogP contribution is -2.43. The number of nitrogens with zero attached hydrogens (tertiary/aromatic N) is 3. The molecule has 1 heterocycles. The first kappa shape index (κ1) is 28.0. The van der Waals surface area contributed by atoms with Crippen molar-refractivity contribution in [1.82, 2.24) is 14.5 Å². The van der Waals surface area contributed by atoms with Gasteiger partial charge in [0.15, 0.2) is 0 Å². The zero-order chi connectivity index (χ0) is 28.2. The summed E-state index contributed by atoms with van der Waals surface area (Å²) in [6, 6.07) is 19.4. The second-order valence-electron chi connectivity index (χ2n) is 10.8. The molecule has 0 bridgehead atoms. The van der Waals surface area contributed by atoms with Crippen LogP contribution in [0.15, 0.2) is 79.0 Å². The SMILES string of the molecule is CC(C)(C)C(c1nc(-c2cc(F)ccc2F)cn1Cc1ccccc1)N(CCCN)C(=O)c1ccc(N)cc1. The molecular formula is C31H35F2N5O. The van der Waals surface area contributed by atoms with Gasteiger partial charge in [-0.2, -0.15) is 0 Å². The maximum Gasteiger partial charge on any atom is 0.254 e. The zero-order valence-corrected chi connectivity index (χ0v) is 22.6. The number of anilines is 1. The molecule has 0 aliphatic carbocycles. The third-order valence-corrected chi connectivity index (χ3v) is 6.61. The number of hydrogen-bond donors (Lipinski definition) is 2. The molecule has 1 atom stereocenters. The van der Waals surface area contributed by atoms with Gasteiger partial charge in [-0.15, -0.1) is 0 Å². The maximum atomic E-state index is 14.9. The van der Waals surface area contributed by atoms with Crippen molar-refractivity contribution >= 4 is 11.6 Å². The number of nitrogens with two attached hydrogens (primary N) is 2.